The molecule has 0 aliphatic heterocycles. The minimum absolute atomic E-state index is 0.205. The van der Waals surface area contributed by atoms with E-state index in [1.807, 2.05) is 67.7 Å². The van der Waals surface area contributed by atoms with Crippen LogP contribution in [0.3, 0.4) is 0 Å². The van der Waals surface area contributed by atoms with Crippen LogP contribution in [0, 0.1) is 11.8 Å². The minimum atomic E-state index is -0.205. The van der Waals surface area contributed by atoms with Crippen LogP contribution in [-0.2, 0) is 7.05 Å². The fourth-order valence-electron chi connectivity index (χ4n) is 2.82. The summed E-state index contributed by atoms with van der Waals surface area (Å²) in [6.07, 6.45) is 1.47. The second-order valence-corrected chi connectivity index (χ2v) is 5.98. The van der Waals surface area contributed by atoms with Gasteiger partial charge >= 0.3 is 0 Å². The van der Waals surface area contributed by atoms with Crippen molar-refractivity contribution in [3.8, 4) is 11.8 Å². The van der Waals surface area contributed by atoms with Crippen LogP contribution in [0.2, 0.25) is 0 Å². The molecule has 2 aromatic carbocycles. The second kappa shape index (κ2) is 7.14. The Balaban J connectivity index is 1.71. The summed E-state index contributed by atoms with van der Waals surface area (Å²) >= 11 is 0. The summed E-state index contributed by atoms with van der Waals surface area (Å²) in [6.45, 7) is 0. The number of hydrogen-bond acceptors (Lipinski definition) is 3. The van der Waals surface area contributed by atoms with Crippen LogP contribution in [0.15, 0.2) is 73.1 Å². The van der Waals surface area contributed by atoms with E-state index in [2.05, 4.69) is 27.1 Å². The first-order valence-corrected chi connectivity index (χ1v) is 8.46. The number of rotatable bonds is 2. The van der Waals surface area contributed by atoms with Gasteiger partial charge in [0.05, 0.1) is 5.39 Å². The highest BCUT2D eigenvalue weighted by Crippen LogP contribution is 2.20. The van der Waals surface area contributed by atoms with E-state index >= 15 is 0 Å². The van der Waals surface area contributed by atoms with Crippen molar-refractivity contribution in [2.24, 2.45) is 7.05 Å². The third-order valence-corrected chi connectivity index (χ3v) is 4.19. The maximum Gasteiger partial charge on any atom is 0.272 e. The number of fused-ring (bicyclic) bond motifs is 1. The Kier molecular flexibility index (Phi) is 4.38. The predicted octanol–water partition coefficient (Wildman–Crippen LogP) is 3.62. The van der Waals surface area contributed by atoms with Gasteiger partial charge in [0.15, 0.2) is 0 Å². The lowest BCUT2D eigenvalue weighted by molar-refractivity contribution is 0.101. The number of carbonyl (C=O) groups excluding carboxylic acids is 1. The molecule has 5 nitrogen and oxygen atoms in total. The van der Waals surface area contributed by atoms with Crippen LogP contribution >= 0.6 is 0 Å². The molecule has 27 heavy (non-hydrogen) atoms. The van der Waals surface area contributed by atoms with Gasteiger partial charge in [0.2, 0.25) is 0 Å². The molecule has 0 saturated carbocycles. The summed E-state index contributed by atoms with van der Waals surface area (Å²) in [6, 6.07) is 20.8. The van der Waals surface area contributed by atoms with Crippen LogP contribution in [0.1, 0.15) is 21.7 Å². The maximum atomic E-state index is 12.7. The summed E-state index contributed by atoms with van der Waals surface area (Å²) in [7, 11) is 1.81. The number of nitrogens with zero attached hydrogens (tertiary/aromatic N) is 3. The third kappa shape index (κ3) is 3.42. The molecular formula is C22H16N4O. The molecule has 0 spiro atoms. The first kappa shape index (κ1) is 16.6. The zero-order chi connectivity index (χ0) is 18.6. The number of aromatic nitrogens is 3. The number of aryl methyl sites for hydroxylation is 1. The summed E-state index contributed by atoms with van der Waals surface area (Å²) in [4.78, 5) is 21.3. The van der Waals surface area contributed by atoms with Gasteiger partial charge in [-0.15, -0.1) is 0 Å². The fraction of sp³-hybridized carbons (Fsp3) is 0.0455. The standard InChI is InChI=1S/C22H16N4O/c1-26-20(22(27)25-17-10-6-3-7-11-17)14-18-19(23-15-24-21(18)26)13-12-16-8-4-2-5-9-16/h2-11,14-15H,1H3,(H,25,27). The normalized spacial score (nSPS) is 10.3. The van der Waals surface area contributed by atoms with E-state index in [4.69, 9.17) is 0 Å². The Morgan fingerprint density at radius 2 is 1.67 bits per heavy atom. The van der Waals surface area contributed by atoms with E-state index in [-0.39, 0.29) is 5.91 Å². The summed E-state index contributed by atoms with van der Waals surface area (Å²) in [5.74, 6) is 5.98. The SMILES string of the molecule is Cn1c(C(=O)Nc2ccccc2)cc2c(C#Cc3ccccc3)ncnc21. The van der Waals surface area contributed by atoms with Crippen molar-refractivity contribution in [1.82, 2.24) is 14.5 Å². The number of amides is 1. The van der Waals surface area contributed by atoms with Gasteiger partial charge in [0.1, 0.15) is 23.4 Å². The van der Waals surface area contributed by atoms with E-state index in [1.54, 1.807) is 10.6 Å². The first-order chi connectivity index (χ1) is 13.2. The molecule has 0 fully saturated rings. The molecule has 1 amide bonds. The molecule has 0 atom stereocenters. The molecule has 130 valence electrons. The van der Waals surface area contributed by atoms with Gasteiger partial charge in [-0.1, -0.05) is 42.3 Å². The highest BCUT2D eigenvalue weighted by atomic mass is 16.1. The van der Waals surface area contributed by atoms with Crippen LogP contribution in [0.4, 0.5) is 5.69 Å². The lowest BCUT2D eigenvalue weighted by Crippen LogP contribution is -2.15. The van der Waals surface area contributed by atoms with Crippen LogP contribution in [-0.4, -0.2) is 20.4 Å². The fourth-order valence-corrected chi connectivity index (χ4v) is 2.82. The molecule has 0 bridgehead atoms. The zero-order valence-electron chi connectivity index (χ0n) is 14.7. The first-order valence-electron chi connectivity index (χ1n) is 8.46. The van der Waals surface area contributed by atoms with Gasteiger partial charge < -0.3 is 9.88 Å². The second-order valence-electron chi connectivity index (χ2n) is 5.98. The summed E-state index contributed by atoms with van der Waals surface area (Å²) < 4.78 is 1.75. The largest absolute Gasteiger partial charge is 0.324 e. The Hall–Kier alpha value is -3.91. The van der Waals surface area contributed by atoms with Crippen LogP contribution in [0.5, 0.6) is 0 Å². The van der Waals surface area contributed by atoms with E-state index in [1.165, 1.54) is 6.33 Å². The highest BCUT2D eigenvalue weighted by molar-refractivity contribution is 6.06. The van der Waals surface area contributed by atoms with E-state index in [0.717, 1.165) is 16.6 Å². The molecule has 4 aromatic rings. The quantitative estimate of drug-likeness (QED) is 0.561. The minimum Gasteiger partial charge on any atom is -0.324 e. The monoisotopic (exact) mass is 352 g/mol. The Labute approximate surface area is 156 Å². The molecule has 1 N–H and O–H groups in total. The van der Waals surface area contributed by atoms with E-state index in [0.29, 0.717) is 17.0 Å². The lowest BCUT2D eigenvalue weighted by atomic mass is 10.2. The molecule has 4 rings (SSSR count). The van der Waals surface area contributed by atoms with Gasteiger partial charge in [-0.2, -0.15) is 0 Å². The number of benzene rings is 2. The van der Waals surface area contributed by atoms with Crippen molar-refractivity contribution in [3.05, 3.63) is 90.0 Å². The number of para-hydroxylation sites is 1. The zero-order valence-corrected chi connectivity index (χ0v) is 14.7. The van der Waals surface area contributed by atoms with Gasteiger partial charge in [0, 0.05) is 18.3 Å². The molecule has 0 radical (unpaired) electrons. The molecule has 0 saturated heterocycles. The number of carbonyl (C=O) groups is 1. The number of nitrogens with one attached hydrogen (secondary N) is 1. The predicted molar refractivity (Wildman–Crippen MR) is 105 cm³/mol. The molecular weight excluding hydrogens is 336 g/mol. The van der Waals surface area contributed by atoms with Gasteiger partial charge in [-0.25, -0.2) is 9.97 Å². The molecule has 0 aliphatic rings. The Morgan fingerprint density at radius 1 is 0.963 bits per heavy atom. The van der Waals surface area contributed by atoms with Crippen LogP contribution < -0.4 is 5.32 Å². The number of anilines is 1. The average Bonchev–Trinajstić information content (AvgIpc) is 3.05. The van der Waals surface area contributed by atoms with Crippen molar-refractivity contribution in [2.75, 3.05) is 5.32 Å². The molecule has 0 aliphatic carbocycles. The smallest absolute Gasteiger partial charge is 0.272 e. The highest BCUT2D eigenvalue weighted by Gasteiger charge is 2.16. The van der Waals surface area contributed by atoms with E-state index in [9.17, 15) is 4.79 Å². The summed E-state index contributed by atoms with van der Waals surface area (Å²) in [5, 5.41) is 3.64. The molecule has 2 aromatic heterocycles. The van der Waals surface area contributed by atoms with Gasteiger partial charge in [-0.05, 0) is 36.3 Å². The Bertz CT molecular complexity index is 1170. The molecule has 2 heterocycles. The van der Waals surface area contributed by atoms with Crippen molar-refractivity contribution >= 4 is 22.6 Å². The number of hydrogen-bond donors (Lipinski definition) is 1. The lowest BCUT2D eigenvalue weighted by Gasteiger charge is -2.05. The van der Waals surface area contributed by atoms with Crippen molar-refractivity contribution in [1.29, 1.82) is 0 Å². The van der Waals surface area contributed by atoms with Crippen molar-refractivity contribution < 1.29 is 4.79 Å². The molecule has 5 heteroatoms. The van der Waals surface area contributed by atoms with Gasteiger partial charge in [0.25, 0.3) is 5.91 Å². The third-order valence-electron chi connectivity index (χ3n) is 4.19. The van der Waals surface area contributed by atoms with E-state index < -0.39 is 0 Å². The topological polar surface area (TPSA) is 59.8 Å². The maximum absolute atomic E-state index is 12.7. The van der Waals surface area contributed by atoms with Crippen molar-refractivity contribution in [2.45, 2.75) is 0 Å². The van der Waals surface area contributed by atoms with Crippen LogP contribution in [0.25, 0.3) is 11.0 Å². The van der Waals surface area contributed by atoms with Gasteiger partial charge in [-0.3, -0.25) is 4.79 Å². The van der Waals surface area contributed by atoms with Crippen molar-refractivity contribution in [3.63, 3.8) is 0 Å². The summed E-state index contributed by atoms with van der Waals surface area (Å²) in [5.41, 5.74) is 3.40. The molecule has 0 unspecified atom stereocenters. The Morgan fingerprint density at radius 3 is 2.41 bits per heavy atom. The average molecular weight is 352 g/mol.